The number of hydrogen-bond acceptors (Lipinski definition) is 2. The minimum absolute atomic E-state index is 0.115. The van der Waals surface area contributed by atoms with E-state index in [0.717, 1.165) is 0 Å². The summed E-state index contributed by atoms with van der Waals surface area (Å²) < 4.78 is 28.3. The number of hydrogen-bond donors (Lipinski definition) is 0. The summed E-state index contributed by atoms with van der Waals surface area (Å²) in [5, 5.41) is 0. The van der Waals surface area contributed by atoms with E-state index >= 15 is 0 Å². The summed E-state index contributed by atoms with van der Waals surface area (Å²) in [6.07, 6.45) is -3.42. The molecule has 4 heteroatoms. The molecule has 0 aromatic heterocycles. The molecular weight excluding hydrogens is 178 g/mol. The van der Waals surface area contributed by atoms with Crippen LogP contribution in [0.2, 0.25) is 0 Å². The van der Waals surface area contributed by atoms with Gasteiger partial charge in [0.05, 0.1) is 5.56 Å². The number of carbonyl (C=O) groups excluding carboxylic acids is 1. The van der Waals surface area contributed by atoms with Gasteiger partial charge in [0, 0.05) is 6.92 Å². The lowest BCUT2D eigenvalue weighted by Gasteiger charge is -2.10. The average Bonchev–Trinajstić information content (AvgIpc) is 2.03. The molecule has 0 aliphatic carbocycles. The van der Waals surface area contributed by atoms with Gasteiger partial charge in [0.1, 0.15) is 0 Å². The smallest absolute Gasteiger partial charge is 0.397 e. The quantitative estimate of drug-likeness (QED) is 0.663. The van der Waals surface area contributed by atoms with Gasteiger partial charge >= 0.3 is 12.1 Å². The van der Waals surface area contributed by atoms with Gasteiger partial charge in [-0.1, -0.05) is 18.2 Å². The molecule has 0 heterocycles. The third-order valence-electron chi connectivity index (χ3n) is 1.28. The highest BCUT2D eigenvalue weighted by molar-refractivity contribution is 5.89. The summed E-state index contributed by atoms with van der Waals surface area (Å²) >= 11 is 0. The fourth-order valence-electron chi connectivity index (χ4n) is 0.796. The molecule has 1 aromatic rings. The molecule has 0 spiro atoms. The van der Waals surface area contributed by atoms with Gasteiger partial charge in [0.15, 0.2) is 0 Å². The van der Waals surface area contributed by atoms with E-state index < -0.39 is 12.1 Å². The number of ether oxygens (including phenoxy) is 1. The zero-order valence-electron chi connectivity index (χ0n) is 6.96. The molecule has 0 radical (unpaired) electrons. The molecule has 0 saturated carbocycles. The van der Waals surface area contributed by atoms with Crippen LogP contribution >= 0.6 is 0 Å². The lowest BCUT2D eigenvalue weighted by atomic mass is 10.2. The highest BCUT2D eigenvalue weighted by atomic mass is 19.3. The Morgan fingerprint density at radius 2 is 1.85 bits per heavy atom. The van der Waals surface area contributed by atoms with Crippen LogP contribution in [0.3, 0.4) is 0 Å². The van der Waals surface area contributed by atoms with Crippen LogP contribution in [0.4, 0.5) is 8.78 Å². The molecule has 0 unspecified atom stereocenters. The monoisotopic (exact) mass is 186 g/mol. The predicted octanol–water partition coefficient (Wildman–Crippen LogP) is 2.46. The zero-order chi connectivity index (χ0) is 9.90. The normalized spacial score (nSPS) is 11.0. The first kappa shape index (κ1) is 9.64. The van der Waals surface area contributed by atoms with Crippen LogP contribution in [-0.2, 0) is 4.74 Å². The lowest BCUT2D eigenvalue weighted by molar-refractivity contribution is -0.185. The summed E-state index contributed by atoms with van der Waals surface area (Å²) in [4.78, 5) is 11.0. The maximum absolute atomic E-state index is 12.2. The van der Waals surface area contributed by atoms with Gasteiger partial charge in [0.25, 0.3) is 0 Å². The van der Waals surface area contributed by atoms with Gasteiger partial charge < -0.3 is 4.74 Å². The number of rotatable bonds is 2. The van der Waals surface area contributed by atoms with Crippen molar-refractivity contribution in [1.29, 1.82) is 0 Å². The second kappa shape index (κ2) is 3.51. The van der Waals surface area contributed by atoms with Crippen molar-refractivity contribution >= 4 is 5.97 Å². The van der Waals surface area contributed by atoms with Crippen LogP contribution in [0.1, 0.15) is 17.3 Å². The Kier molecular flexibility index (Phi) is 2.60. The first-order chi connectivity index (χ1) is 5.99. The van der Waals surface area contributed by atoms with Crippen molar-refractivity contribution in [2.45, 2.75) is 13.0 Å². The van der Waals surface area contributed by atoms with E-state index in [1.54, 1.807) is 18.2 Å². The van der Waals surface area contributed by atoms with Crippen molar-refractivity contribution in [2.75, 3.05) is 0 Å². The van der Waals surface area contributed by atoms with Crippen molar-refractivity contribution in [3.63, 3.8) is 0 Å². The van der Waals surface area contributed by atoms with Crippen LogP contribution < -0.4 is 0 Å². The molecule has 1 rings (SSSR count). The maximum Gasteiger partial charge on any atom is 0.397 e. The molecule has 1 aromatic carbocycles. The summed E-state index contributed by atoms with van der Waals surface area (Å²) in [7, 11) is 0. The predicted molar refractivity (Wildman–Crippen MR) is 42.5 cm³/mol. The van der Waals surface area contributed by atoms with Gasteiger partial charge in [0.2, 0.25) is 0 Å². The van der Waals surface area contributed by atoms with E-state index in [0.29, 0.717) is 6.92 Å². The Labute approximate surface area is 74.1 Å². The molecular formula is C9H8F2O2. The van der Waals surface area contributed by atoms with Gasteiger partial charge in [-0.05, 0) is 12.1 Å². The Hall–Kier alpha value is -1.45. The largest absolute Gasteiger partial charge is 0.397 e. The Morgan fingerprint density at radius 3 is 2.31 bits per heavy atom. The lowest BCUT2D eigenvalue weighted by Crippen LogP contribution is -2.20. The van der Waals surface area contributed by atoms with E-state index in [-0.39, 0.29) is 5.56 Å². The summed E-state index contributed by atoms with van der Waals surface area (Å²) in [6, 6.07) is 7.65. The van der Waals surface area contributed by atoms with Crippen LogP contribution in [0.25, 0.3) is 0 Å². The highest BCUT2D eigenvalue weighted by Gasteiger charge is 2.26. The van der Waals surface area contributed by atoms with Crippen molar-refractivity contribution < 1.29 is 18.3 Å². The van der Waals surface area contributed by atoms with Crippen LogP contribution in [-0.4, -0.2) is 12.1 Å². The van der Waals surface area contributed by atoms with Crippen molar-refractivity contribution in [3.8, 4) is 0 Å². The minimum Gasteiger partial charge on any atom is -0.397 e. The first-order valence-corrected chi connectivity index (χ1v) is 3.65. The Morgan fingerprint density at radius 1 is 1.31 bits per heavy atom. The first-order valence-electron chi connectivity index (χ1n) is 3.65. The zero-order valence-corrected chi connectivity index (χ0v) is 6.96. The molecule has 0 saturated heterocycles. The topological polar surface area (TPSA) is 26.3 Å². The summed E-state index contributed by atoms with van der Waals surface area (Å²) in [6.45, 7) is 0.522. The molecule has 2 nitrogen and oxygen atoms in total. The number of carbonyl (C=O) groups is 1. The molecule has 0 fully saturated rings. The van der Waals surface area contributed by atoms with Gasteiger partial charge in [-0.25, -0.2) is 4.79 Å². The van der Waals surface area contributed by atoms with Crippen molar-refractivity contribution in [2.24, 2.45) is 0 Å². The third-order valence-corrected chi connectivity index (χ3v) is 1.28. The van der Waals surface area contributed by atoms with Crippen LogP contribution in [0, 0.1) is 0 Å². The standard InChI is InChI=1S/C9H8F2O2/c1-9(10,11)13-8(12)7-5-3-2-4-6-7/h2-6H,1H3. The molecule has 0 N–H and O–H groups in total. The fraction of sp³-hybridized carbons (Fsp3) is 0.222. The molecule has 0 atom stereocenters. The summed E-state index contributed by atoms with van der Waals surface area (Å²) in [5.74, 6) is -1.02. The number of benzene rings is 1. The van der Waals surface area contributed by atoms with E-state index in [4.69, 9.17) is 0 Å². The number of halogens is 2. The van der Waals surface area contributed by atoms with Crippen molar-refractivity contribution in [3.05, 3.63) is 35.9 Å². The van der Waals surface area contributed by atoms with E-state index in [1.807, 2.05) is 0 Å². The van der Waals surface area contributed by atoms with Gasteiger partial charge in [-0.3, -0.25) is 0 Å². The van der Waals surface area contributed by atoms with Crippen LogP contribution in [0.15, 0.2) is 30.3 Å². The highest BCUT2D eigenvalue weighted by Crippen LogP contribution is 2.15. The minimum atomic E-state index is -3.42. The number of alkyl halides is 2. The second-order valence-electron chi connectivity index (χ2n) is 2.56. The van der Waals surface area contributed by atoms with E-state index in [9.17, 15) is 13.6 Å². The Balaban J connectivity index is 2.71. The second-order valence-corrected chi connectivity index (χ2v) is 2.56. The molecule has 0 bridgehead atoms. The van der Waals surface area contributed by atoms with E-state index in [2.05, 4.69) is 4.74 Å². The average molecular weight is 186 g/mol. The Bertz CT molecular complexity index is 290. The number of esters is 1. The molecule has 70 valence electrons. The van der Waals surface area contributed by atoms with E-state index in [1.165, 1.54) is 12.1 Å². The SMILES string of the molecule is CC(F)(F)OC(=O)c1ccccc1. The van der Waals surface area contributed by atoms with Crippen molar-refractivity contribution in [1.82, 2.24) is 0 Å². The fourth-order valence-corrected chi connectivity index (χ4v) is 0.796. The molecule has 0 amide bonds. The van der Waals surface area contributed by atoms with Gasteiger partial charge in [-0.2, -0.15) is 8.78 Å². The van der Waals surface area contributed by atoms with Gasteiger partial charge in [-0.15, -0.1) is 0 Å². The van der Waals surface area contributed by atoms with Crippen LogP contribution in [0.5, 0.6) is 0 Å². The maximum atomic E-state index is 12.2. The summed E-state index contributed by atoms with van der Waals surface area (Å²) in [5.41, 5.74) is 0.115. The molecule has 13 heavy (non-hydrogen) atoms. The molecule has 0 aliphatic heterocycles. The third kappa shape index (κ3) is 3.19. The molecule has 0 aliphatic rings.